The molecule has 6 nitrogen and oxygen atoms in total. The Kier molecular flexibility index (Phi) is 3.34. The number of hydrogen-bond donors (Lipinski definition) is 0. The van der Waals surface area contributed by atoms with Gasteiger partial charge in [0.1, 0.15) is 6.54 Å². The number of benzene rings is 1. The summed E-state index contributed by atoms with van der Waals surface area (Å²) in [6, 6.07) is 7.02. The Labute approximate surface area is 102 Å². The van der Waals surface area contributed by atoms with E-state index in [4.69, 9.17) is 11.6 Å². The largest absolute Gasteiger partial charge is 0.468 e. The molecule has 17 heavy (non-hydrogen) atoms. The maximum atomic E-state index is 11.2. The third-order valence-electron chi connectivity index (χ3n) is 2.14. The lowest BCUT2D eigenvalue weighted by atomic mass is 10.2. The highest BCUT2D eigenvalue weighted by Gasteiger charge is 2.12. The molecule has 0 aliphatic carbocycles. The van der Waals surface area contributed by atoms with Crippen molar-refractivity contribution in [3.8, 4) is 11.4 Å². The Balaban J connectivity index is 2.30. The Hall–Kier alpha value is -1.95. The maximum Gasteiger partial charge on any atom is 0.327 e. The molecular weight excluding hydrogens is 244 g/mol. The number of rotatable bonds is 3. The second-order valence-corrected chi connectivity index (χ2v) is 3.68. The van der Waals surface area contributed by atoms with Crippen molar-refractivity contribution in [1.29, 1.82) is 0 Å². The third kappa shape index (κ3) is 2.59. The normalized spacial score (nSPS) is 10.2. The lowest BCUT2D eigenvalue weighted by Crippen LogP contribution is -2.13. The molecular formula is C10H9ClN4O2. The standard InChI is InChI=1S/C10H9ClN4O2/c1-17-9(16)6-15-10(12-13-14-15)7-2-4-8(11)5-3-7/h2-5H,6H2,1H3. The molecule has 88 valence electrons. The molecule has 0 spiro atoms. The zero-order valence-corrected chi connectivity index (χ0v) is 9.76. The molecule has 0 aliphatic rings. The second-order valence-electron chi connectivity index (χ2n) is 3.24. The minimum atomic E-state index is -0.410. The first-order chi connectivity index (χ1) is 8.20. The van der Waals surface area contributed by atoms with Gasteiger partial charge < -0.3 is 4.74 Å². The highest BCUT2D eigenvalue weighted by molar-refractivity contribution is 6.30. The molecule has 0 amide bonds. The van der Waals surface area contributed by atoms with Crippen molar-refractivity contribution < 1.29 is 9.53 Å². The molecule has 7 heteroatoms. The van der Waals surface area contributed by atoms with Crippen LogP contribution in [0.15, 0.2) is 24.3 Å². The highest BCUT2D eigenvalue weighted by Crippen LogP contribution is 2.18. The smallest absolute Gasteiger partial charge is 0.327 e. The predicted molar refractivity (Wildman–Crippen MR) is 60.3 cm³/mol. The number of ether oxygens (including phenoxy) is 1. The summed E-state index contributed by atoms with van der Waals surface area (Å²) in [7, 11) is 1.31. The molecule has 0 bridgehead atoms. The number of aromatic nitrogens is 4. The van der Waals surface area contributed by atoms with Gasteiger partial charge in [-0.1, -0.05) is 11.6 Å². The summed E-state index contributed by atoms with van der Waals surface area (Å²) in [6.07, 6.45) is 0. The van der Waals surface area contributed by atoms with Crippen LogP contribution in [0.3, 0.4) is 0 Å². The van der Waals surface area contributed by atoms with Gasteiger partial charge in [0, 0.05) is 10.6 Å². The average Bonchev–Trinajstić information content (AvgIpc) is 2.78. The number of halogens is 1. The number of methoxy groups -OCH3 is 1. The zero-order valence-electron chi connectivity index (χ0n) is 9.00. The van der Waals surface area contributed by atoms with Crippen LogP contribution in [0.2, 0.25) is 5.02 Å². The summed E-state index contributed by atoms with van der Waals surface area (Å²) in [5, 5.41) is 11.7. The molecule has 0 aliphatic heterocycles. The predicted octanol–water partition coefficient (Wildman–Crippen LogP) is 1.17. The van der Waals surface area contributed by atoms with Crippen LogP contribution in [0, 0.1) is 0 Å². The lowest BCUT2D eigenvalue weighted by Gasteiger charge is -2.03. The van der Waals surface area contributed by atoms with Crippen LogP contribution < -0.4 is 0 Å². The van der Waals surface area contributed by atoms with Crippen molar-refractivity contribution in [2.24, 2.45) is 0 Å². The molecule has 1 heterocycles. The van der Waals surface area contributed by atoms with Gasteiger partial charge in [-0.05, 0) is 34.7 Å². The Morgan fingerprint density at radius 1 is 1.41 bits per heavy atom. The fraction of sp³-hybridized carbons (Fsp3) is 0.200. The molecule has 2 rings (SSSR count). The molecule has 0 fully saturated rings. The van der Waals surface area contributed by atoms with Crippen molar-refractivity contribution in [2.45, 2.75) is 6.54 Å². The van der Waals surface area contributed by atoms with E-state index < -0.39 is 5.97 Å². The molecule has 0 unspecified atom stereocenters. The van der Waals surface area contributed by atoms with E-state index in [9.17, 15) is 4.79 Å². The van der Waals surface area contributed by atoms with E-state index in [1.807, 2.05) is 0 Å². The van der Waals surface area contributed by atoms with Crippen molar-refractivity contribution in [2.75, 3.05) is 7.11 Å². The van der Waals surface area contributed by atoms with Gasteiger partial charge in [-0.3, -0.25) is 4.79 Å². The van der Waals surface area contributed by atoms with Gasteiger partial charge in [-0.25, -0.2) is 4.68 Å². The summed E-state index contributed by atoms with van der Waals surface area (Å²) in [6.45, 7) is -0.0263. The number of hydrogen-bond acceptors (Lipinski definition) is 5. The van der Waals surface area contributed by atoms with Crippen molar-refractivity contribution in [3.05, 3.63) is 29.3 Å². The lowest BCUT2D eigenvalue weighted by molar-refractivity contribution is -0.141. The first kappa shape index (κ1) is 11.5. The van der Waals surface area contributed by atoms with E-state index in [2.05, 4.69) is 20.3 Å². The van der Waals surface area contributed by atoms with Crippen LogP contribution in [0.25, 0.3) is 11.4 Å². The third-order valence-corrected chi connectivity index (χ3v) is 2.39. The number of esters is 1. The summed E-state index contributed by atoms with van der Waals surface area (Å²) in [5.74, 6) is 0.0829. The number of carbonyl (C=O) groups excluding carboxylic acids is 1. The minimum absolute atomic E-state index is 0.0263. The molecule has 1 aromatic heterocycles. The van der Waals surface area contributed by atoms with Crippen molar-refractivity contribution >= 4 is 17.6 Å². The number of tetrazole rings is 1. The molecule has 0 saturated heterocycles. The Morgan fingerprint density at radius 3 is 2.76 bits per heavy atom. The summed E-state index contributed by atoms with van der Waals surface area (Å²) in [5.41, 5.74) is 0.781. The first-order valence-electron chi connectivity index (χ1n) is 4.79. The average molecular weight is 253 g/mol. The second kappa shape index (κ2) is 4.92. The molecule has 0 radical (unpaired) electrons. The van der Waals surface area contributed by atoms with Crippen molar-refractivity contribution in [1.82, 2.24) is 20.2 Å². The summed E-state index contributed by atoms with van der Waals surface area (Å²) in [4.78, 5) is 11.2. The fourth-order valence-electron chi connectivity index (χ4n) is 1.30. The van der Waals surface area contributed by atoms with E-state index in [-0.39, 0.29) is 6.54 Å². The van der Waals surface area contributed by atoms with Gasteiger partial charge in [-0.15, -0.1) is 5.10 Å². The van der Waals surface area contributed by atoms with E-state index >= 15 is 0 Å². The minimum Gasteiger partial charge on any atom is -0.468 e. The van der Waals surface area contributed by atoms with E-state index in [1.165, 1.54) is 11.8 Å². The van der Waals surface area contributed by atoms with Crippen LogP contribution in [-0.2, 0) is 16.1 Å². The molecule has 0 saturated carbocycles. The molecule has 0 N–H and O–H groups in total. The van der Waals surface area contributed by atoms with Gasteiger partial charge in [0.15, 0.2) is 5.82 Å². The highest BCUT2D eigenvalue weighted by atomic mass is 35.5. The van der Waals surface area contributed by atoms with Gasteiger partial charge in [-0.2, -0.15) is 0 Å². The monoisotopic (exact) mass is 252 g/mol. The van der Waals surface area contributed by atoms with Gasteiger partial charge in [0.25, 0.3) is 0 Å². The maximum absolute atomic E-state index is 11.2. The van der Waals surface area contributed by atoms with Crippen LogP contribution in [0.4, 0.5) is 0 Å². The van der Waals surface area contributed by atoms with Crippen molar-refractivity contribution in [3.63, 3.8) is 0 Å². The number of nitrogens with zero attached hydrogens (tertiary/aromatic N) is 4. The SMILES string of the molecule is COC(=O)Cn1nnnc1-c1ccc(Cl)cc1. The van der Waals surface area contributed by atoms with Crippen LogP contribution in [0.5, 0.6) is 0 Å². The topological polar surface area (TPSA) is 69.9 Å². The summed E-state index contributed by atoms with van der Waals surface area (Å²) < 4.78 is 5.93. The van der Waals surface area contributed by atoms with Crippen LogP contribution in [-0.4, -0.2) is 33.3 Å². The van der Waals surface area contributed by atoms with E-state index in [1.54, 1.807) is 24.3 Å². The molecule has 1 aromatic carbocycles. The zero-order chi connectivity index (χ0) is 12.3. The van der Waals surface area contributed by atoms with Crippen LogP contribution >= 0.6 is 11.6 Å². The van der Waals surface area contributed by atoms with Gasteiger partial charge in [0.05, 0.1) is 7.11 Å². The van der Waals surface area contributed by atoms with E-state index in [0.29, 0.717) is 10.8 Å². The fourth-order valence-corrected chi connectivity index (χ4v) is 1.43. The Bertz CT molecular complexity index is 523. The van der Waals surface area contributed by atoms with Gasteiger partial charge >= 0.3 is 5.97 Å². The Morgan fingerprint density at radius 2 is 2.12 bits per heavy atom. The van der Waals surface area contributed by atoms with E-state index in [0.717, 1.165) is 5.56 Å². The first-order valence-corrected chi connectivity index (χ1v) is 5.17. The quantitative estimate of drug-likeness (QED) is 0.767. The summed E-state index contributed by atoms with van der Waals surface area (Å²) >= 11 is 5.79. The molecule has 0 atom stereocenters. The van der Waals surface area contributed by atoms with Gasteiger partial charge in [0.2, 0.25) is 0 Å². The van der Waals surface area contributed by atoms with Crippen LogP contribution in [0.1, 0.15) is 0 Å². The molecule has 2 aromatic rings. The number of carbonyl (C=O) groups is 1.